The van der Waals surface area contributed by atoms with Crippen LogP contribution in [-0.2, 0) is 9.53 Å². The molecule has 1 aromatic carbocycles. The topological polar surface area (TPSA) is 103 Å². The number of aryl methyl sites for hydroxylation is 1. The predicted molar refractivity (Wildman–Crippen MR) is 93.7 cm³/mol. The molecule has 2 aliphatic heterocycles. The Labute approximate surface area is 159 Å². The first-order valence-electron chi connectivity index (χ1n) is 8.43. The zero-order chi connectivity index (χ0) is 20.0. The maximum absolute atomic E-state index is 12.6. The first kappa shape index (κ1) is 18.0. The van der Waals surface area contributed by atoms with Gasteiger partial charge in [0.2, 0.25) is 24.4 Å². The van der Waals surface area contributed by atoms with Gasteiger partial charge in [-0.05, 0) is 13.0 Å². The fourth-order valence-corrected chi connectivity index (χ4v) is 3.59. The second-order valence-electron chi connectivity index (χ2n) is 6.23. The van der Waals surface area contributed by atoms with E-state index in [1.54, 1.807) is 19.1 Å². The molecule has 0 fully saturated rings. The Morgan fingerprint density at radius 2 is 1.82 bits per heavy atom. The lowest BCUT2D eigenvalue weighted by molar-refractivity contribution is -0.148. The first-order chi connectivity index (χ1) is 13.5. The van der Waals surface area contributed by atoms with Gasteiger partial charge >= 0.3 is 11.6 Å². The molecule has 2 aromatic rings. The number of esters is 1. The molecular weight excluding hydrogens is 372 g/mol. The van der Waals surface area contributed by atoms with Crippen LogP contribution in [-0.4, -0.2) is 40.2 Å². The van der Waals surface area contributed by atoms with Crippen LogP contribution in [0.2, 0.25) is 0 Å². The Balaban J connectivity index is 1.99. The van der Waals surface area contributed by atoms with Crippen molar-refractivity contribution in [2.45, 2.75) is 18.9 Å². The van der Waals surface area contributed by atoms with E-state index in [0.29, 0.717) is 34.3 Å². The molecule has 2 atom stereocenters. The van der Waals surface area contributed by atoms with Crippen LogP contribution in [0.4, 0.5) is 0 Å². The minimum atomic E-state index is -1.11. The maximum Gasteiger partial charge on any atom is 0.348 e. The van der Waals surface area contributed by atoms with Crippen LogP contribution in [0, 0.1) is 6.92 Å². The van der Waals surface area contributed by atoms with Crippen molar-refractivity contribution in [3.63, 3.8) is 0 Å². The van der Waals surface area contributed by atoms with Crippen LogP contribution < -0.4 is 29.3 Å². The molecule has 0 saturated carbocycles. The number of ether oxygens (including phenoxy) is 6. The summed E-state index contributed by atoms with van der Waals surface area (Å²) in [5, 5.41) is 0. The van der Waals surface area contributed by atoms with Crippen LogP contribution in [0.3, 0.4) is 0 Å². The van der Waals surface area contributed by atoms with Crippen LogP contribution >= 0.6 is 0 Å². The lowest BCUT2D eigenvalue weighted by Crippen LogP contribution is -2.32. The number of rotatable bonds is 4. The van der Waals surface area contributed by atoms with E-state index in [4.69, 9.17) is 32.8 Å². The van der Waals surface area contributed by atoms with Crippen molar-refractivity contribution in [2.24, 2.45) is 0 Å². The van der Waals surface area contributed by atoms with Gasteiger partial charge < -0.3 is 32.8 Å². The average molecular weight is 390 g/mol. The van der Waals surface area contributed by atoms with Crippen molar-refractivity contribution in [1.82, 2.24) is 0 Å². The number of hydrogen-bond acceptors (Lipinski definition) is 9. The van der Waals surface area contributed by atoms with Gasteiger partial charge in [-0.3, -0.25) is 0 Å². The van der Waals surface area contributed by atoms with Crippen LogP contribution in [0.1, 0.15) is 22.8 Å². The summed E-state index contributed by atoms with van der Waals surface area (Å²) in [6.45, 7) is 1.63. The highest BCUT2D eigenvalue weighted by Crippen LogP contribution is 2.54. The van der Waals surface area contributed by atoms with E-state index in [1.165, 1.54) is 21.3 Å². The standard InChI is InChI=1S/C19H18O9/c1-8-5-10-13(18(20)27-8)12(16(28-10)19(21)24-4)9-6-11-15(26-7-25-11)17(23-3)14(9)22-2/h5-6,12,16H,7H2,1-4H3/t12-,16+/m1/s1. The van der Waals surface area contributed by atoms with Crippen LogP contribution in [0.5, 0.6) is 28.7 Å². The van der Waals surface area contributed by atoms with E-state index >= 15 is 0 Å². The Hall–Kier alpha value is -3.36. The largest absolute Gasteiger partial charge is 0.492 e. The molecule has 9 nitrogen and oxygen atoms in total. The highest BCUT2D eigenvalue weighted by atomic mass is 16.7. The van der Waals surface area contributed by atoms with Gasteiger partial charge in [-0.1, -0.05) is 0 Å². The monoisotopic (exact) mass is 390 g/mol. The van der Waals surface area contributed by atoms with E-state index in [-0.39, 0.29) is 18.1 Å². The molecule has 0 radical (unpaired) electrons. The quantitative estimate of drug-likeness (QED) is 0.723. The third kappa shape index (κ3) is 2.54. The first-order valence-corrected chi connectivity index (χ1v) is 8.43. The van der Waals surface area contributed by atoms with Crippen molar-refractivity contribution in [3.8, 4) is 28.7 Å². The van der Waals surface area contributed by atoms with Gasteiger partial charge in [0.05, 0.1) is 32.8 Å². The second kappa shape index (κ2) is 6.66. The smallest absolute Gasteiger partial charge is 0.348 e. The molecule has 9 heteroatoms. The molecule has 0 saturated heterocycles. The predicted octanol–water partition coefficient (Wildman–Crippen LogP) is 1.76. The lowest BCUT2D eigenvalue weighted by Gasteiger charge is -2.21. The number of carbonyl (C=O) groups is 1. The number of carbonyl (C=O) groups excluding carboxylic acids is 1. The molecule has 0 unspecified atom stereocenters. The van der Waals surface area contributed by atoms with Gasteiger partial charge in [-0.25, -0.2) is 9.59 Å². The molecule has 0 aliphatic carbocycles. The number of methoxy groups -OCH3 is 3. The van der Waals surface area contributed by atoms with Gasteiger partial charge in [-0.2, -0.15) is 0 Å². The van der Waals surface area contributed by atoms with Crippen molar-refractivity contribution in [3.05, 3.63) is 39.4 Å². The molecule has 2 aliphatic rings. The summed E-state index contributed by atoms with van der Waals surface area (Å²) in [5.74, 6) is 0.503. The van der Waals surface area contributed by atoms with Gasteiger partial charge in [-0.15, -0.1) is 0 Å². The minimum Gasteiger partial charge on any atom is -0.492 e. The molecule has 0 spiro atoms. The van der Waals surface area contributed by atoms with E-state index in [2.05, 4.69) is 0 Å². The molecular formula is C19H18O9. The Morgan fingerprint density at radius 3 is 2.50 bits per heavy atom. The molecule has 0 amide bonds. The third-order valence-corrected chi connectivity index (χ3v) is 4.72. The van der Waals surface area contributed by atoms with Crippen LogP contribution in [0.25, 0.3) is 0 Å². The highest BCUT2D eigenvalue weighted by Gasteiger charge is 2.46. The Bertz CT molecular complexity index is 1010. The maximum atomic E-state index is 12.6. The number of hydrogen-bond donors (Lipinski definition) is 0. The van der Waals surface area contributed by atoms with E-state index in [1.807, 2.05) is 0 Å². The van der Waals surface area contributed by atoms with Gasteiger partial charge in [0.1, 0.15) is 11.5 Å². The molecule has 3 heterocycles. The summed E-state index contributed by atoms with van der Waals surface area (Å²) in [7, 11) is 4.15. The summed E-state index contributed by atoms with van der Waals surface area (Å²) in [5.41, 5.74) is 0.0409. The highest BCUT2D eigenvalue weighted by molar-refractivity contribution is 5.80. The Kier molecular flexibility index (Phi) is 4.29. The minimum absolute atomic E-state index is 0.0117. The fourth-order valence-electron chi connectivity index (χ4n) is 3.59. The average Bonchev–Trinajstić information content (AvgIpc) is 3.29. The van der Waals surface area contributed by atoms with E-state index in [9.17, 15) is 9.59 Å². The molecule has 28 heavy (non-hydrogen) atoms. The van der Waals surface area contributed by atoms with Gasteiger partial charge in [0.15, 0.2) is 11.5 Å². The lowest BCUT2D eigenvalue weighted by atomic mass is 9.87. The number of fused-ring (bicyclic) bond motifs is 2. The summed E-state index contributed by atoms with van der Waals surface area (Å²) >= 11 is 0. The summed E-state index contributed by atoms with van der Waals surface area (Å²) in [6, 6.07) is 3.20. The summed E-state index contributed by atoms with van der Waals surface area (Å²) < 4.78 is 37.8. The fraction of sp³-hybridized carbons (Fsp3) is 0.368. The van der Waals surface area contributed by atoms with Crippen molar-refractivity contribution >= 4 is 5.97 Å². The van der Waals surface area contributed by atoms with E-state index < -0.39 is 23.6 Å². The molecule has 148 valence electrons. The zero-order valence-corrected chi connectivity index (χ0v) is 15.7. The Morgan fingerprint density at radius 1 is 1.07 bits per heavy atom. The number of benzene rings is 1. The van der Waals surface area contributed by atoms with Crippen molar-refractivity contribution < 1.29 is 37.6 Å². The molecule has 0 N–H and O–H groups in total. The van der Waals surface area contributed by atoms with Crippen molar-refractivity contribution in [1.29, 1.82) is 0 Å². The zero-order valence-electron chi connectivity index (χ0n) is 15.7. The van der Waals surface area contributed by atoms with Gasteiger partial charge in [0.25, 0.3) is 0 Å². The van der Waals surface area contributed by atoms with Crippen molar-refractivity contribution in [2.75, 3.05) is 28.1 Å². The summed E-state index contributed by atoms with van der Waals surface area (Å²) in [6.07, 6.45) is -1.11. The summed E-state index contributed by atoms with van der Waals surface area (Å²) in [4.78, 5) is 25.1. The SMILES string of the molecule is COC(=O)[C@H]1Oc2cc(C)oc(=O)c2[C@H]1c1cc2c(c(OC)c1OC)OCO2. The normalized spacial score (nSPS) is 19.0. The third-order valence-electron chi connectivity index (χ3n) is 4.72. The molecule has 0 bridgehead atoms. The van der Waals surface area contributed by atoms with Crippen LogP contribution in [0.15, 0.2) is 21.3 Å². The van der Waals surface area contributed by atoms with Gasteiger partial charge in [0, 0.05) is 11.6 Å². The van der Waals surface area contributed by atoms with E-state index in [0.717, 1.165) is 0 Å². The molecule has 1 aromatic heterocycles. The second-order valence-corrected chi connectivity index (χ2v) is 6.23. The molecule has 4 rings (SSSR count).